The van der Waals surface area contributed by atoms with Gasteiger partial charge in [0.2, 0.25) is 11.8 Å². The Morgan fingerprint density at radius 3 is 2.44 bits per heavy atom. The molecule has 27 heavy (non-hydrogen) atoms. The zero-order chi connectivity index (χ0) is 20.1. The number of aliphatic imine (C=N–C) groups is 1. The summed E-state index contributed by atoms with van der Waals surface area (Å²) in [7, 11) is 0. The van der Waals surface area contributed by atoms with Crippen LogP contribution >= 0.6 is 0 Å². The zero-order valence-corrected chi connectivity index (χ0v) is 17.0. The third-order valence-corrected chi connectivity index (χ3v) is 4.09. The van der Waals surface area contributed by atoms with Crippen molar-refractivity contribution in [3.05, 3.63) is 29.8 Å². The quantitative estimate of drug-likeness (QED) is 0.431. The average Bonchev–Trinajstić information content (AvgIpc) is 2.67. The van der Waals surface area contributed by atoms with E-state index in [1.165, 1.54) is 5.56 Å². The molecule has 0 radical (unpaired) electrons. The summed E-state index contributed by atoms with van der Waals surface area (Å²) in [5.41, 5.74) is 1.95. The van der Waals surface area contributed by atoms with E-state index in [2.05, 4.69) is 27.9 Å². The van der Waals surface area contributed by atoms with Crippen LogP contribution in [0.15, 0.2) is 29.3 Å². The minimum absolute atomic E-state index is 0.00960. The molecule has 0 atom stereocenters. The fourth-order valence-corrected chi connectivity index (χ4v) is 2.58. The number of anilines is 1. The summed E-state index contributed by atoms with van der Waals surface area (Å²) < 4.78 is 0. The molecule has 0 aliphatic carbocycles. The molecule has 0 aliphatic heterocycles. The van der Waals surface area contributed by atoms with E-state index < -0.39 is 0 Å². The van der Waals surface area contributed by atoms with Gasteiger partial charge in [-0.1, -0.05) is 19.1 Å². The highest BCUT2D eigenvalue weighted by Gasteiger charge is 2.09. The number of carbonyl (C=O) groups excluding carboxylic acids is 2. The summed E-state index contributed by atoms with van der Waals surface area (Å²) in [5, 5.41) is 9.04. The second-order valence-electron chi connectivity index (χ2n) is 6.04. The van der Waals surface area contributed by atoms with E-state index >= 15 is 0 Å². The maximum atomic E-state index is 12.1. The minimum Gasteiger partial charge on any atom is -0.357 e. The van der Waals surface area contributed by atoms with E-state index in [0.717, 1.165) is 12.1 Å². The molecule has 0 aliphatic rings. The summed E-state index contributed by atoms with van der Waals surface area (Å²) in [5.74, 6) is 0.457. The van der Waals surface area contributed by atoms with Crippen LogP contribution in [-0.2, 0) is 16.0 Å². The molecule has 0 saturated carbocycles. The molecule has 0 saturated heterocycles. The van der Waals surface area contributed by atoms with E-state index in [1.807, 2.05) is 45.0 Å². The van der Waals surface area contributed by atoms with Crippen LogP contribution in [0.1, 0.15) is 39.7 Å². The first-order valence-corrected chi connectivity index (χ1v) is 9.72. The van der Waals surface area contributed by atoms with Crippen molar-refractivity contribution in [2.45, 2.75) is 40.5 Å². The van der Waals surface area contributed by atoms with Crippen LogP contribution < -0.4 is 16.0 Å². The third-order valence-electron chi connectivity index (χ3n) is 4.09. The zero-order valence-electron chi connectivity index (χ0n) is 17.0. The first-order chi connectivity index (χ1) is 13.0. The van der Waals surface area contributed by atoms with Crippen LogP contribution in [0.25, 0.3) is 0 Å². The van der Waals surface area contributed by atoms with Gasteiger partial charge in [0.15, 0.2) is 5.96 Å². The Labute approximate surface area is 162 Å². The lowest BCUT2D eigenvalue weighted by Gasteiger charge is -2.19. The molecule has 0 heterocycles. The molecule has 2 amide bonds. The molecular formula is C20H33N5O2. The normalized spacial score (nSPS) is 11.0. The first kappa shape index (κ1) is 22.5. The summed E-state index contributed by atoms with van der Waals surface area (Å²) in [6, 6.07) is 7.78. The largest absolute Gasteiger partial charge is 0.357 e. The second-order valence-corrected chi connectivity index (χ2v) is 6.04. The van der Waals surface area contributed by atoms with Gasteiger partial charge >= 0.3 is 0 Å². The molecule has 0 spiro atoms. The summed E-state index contributed by atoms with van der Waals surface area (Å²) in [6.07, 6.45) is 1.31. The van der Waals surface area contributed by atoms with Gasteiger partial charge in [0.25, 0.3) is 0 Å². The molecule has 1 aromatic rings. The van der Waals surface area contributed by atoms with Crippen LogP contribution in [-0.4, -0.2) is 55.4 Å². The highest BCUT2D eigenvalue weighted by molar-refractivity contribution is 5.94. The fourth-order valence-electron chi connectivity index (χ4n) is 2.58. The number of aryl methyl sites for hydroxylation is 1. The van der Waals surface area contributed by atoms with Gasteiger partial charge < -0.3 is 20.9 Å². The van der Waals surface area contributed by atoms with Gasteiger partial charge in [-0.25, -0.2) is 4.99 Å². The third kappa shape index (κ3) is 8.57. The highest BCUT2D eigenvalue weighted by Crippen LogP contribution is 2.10. The Kier molecular flexibility index (Phi) is 10.6. The van der Waals surface area contributed by atoms with E-state index in [0.29, 0.717) is 38.6 Å². The van der Waals surface area contributed by atoms with Gasteiger partial charge in [-0.15, -0.1) is 0 Å². The van der Waals surface area contributed by atoms with Gasteiger partial charge in [-0.3, -0.25) is 9.59 Å². The molecule has 1 aromatic carbocycles. The number of amides is 2. The monoisotopic (exact) mass is 375 g/mol. The summed E-state index contributed by atoms with van der Waals surface area (Å²) in [4.78, 5) is 30.2. The minimum atomic E-state index is -0.181. The van der Waals surface area contributed by atoms with Crippen LogP contribution in [0.3, 0.4) is 0 Å². The molecule has 1 rings (SSSR count). The van der Waals surface area contributed by atoms with Crippen molar-refractivity contribution in [1.82, 2.24) is 15.5 Å². The number of benzene rings is 1. The number of hydrogen-bond acceptors (Lipinski definition) is 3. The topological polar surface area (TPSA) is 85.8 Å². The van der Waals surface area contributed by atoms with Crippen molar-refractivity contribution in [2.24, 2.45) is 4.99 Å². The van der Waals surface area contributed by atoms with Gasteiger partial charge in [0.1, 0.15) is 6.54 Å². The number of guanidine groups is 1. The maximum Gasteiger partial charge on any atom is 0.246 e. The lowest BCUT2D eigenvalue weighted by atomic mass is 10.1. The second kappa shape index (κ2) is 12.7. The molecule has 0 bridgehead atoms. The molecule has 3 N–H and O–H groups in total. The van der Waals surface area contributed by atoms with E-state index in [9.17, 15) is 9.59 Å². The molecule has 0 aromatic heterocycles. The number of rotatable bonds is 10. The Hall–Kier alpha value is -2.57. The summed E-state index contributed by atoms with van der Waals surface area (Å²) >= 11 is 0. The van der Waals surface area contributed by atoms with Crippen molar-refractivity contribution in [2.75, 3.05) is 38.0 Å². The predicted molar refractivity (Wildman–Crippen MR) is 111 cm³/mol. The standard InChI is InChI=1S/C20H33N5O2/c1-5-16-10-9-11-17(14-16)24-18(26)15-23-20(21-6-2)22-13-12-19(27)25(7-3)8-4/h9-11,14H,5-8,12-13,15H2,1-4H3,(H,24,26)(H2,21,22,23). The van der Waals surface area contributed by atoms with Crippen molar-refractivity contribution < 1.29 is 9.59 Å². The molecule has 7 heteroatoms. The molecule has 0 unspecified atom stereocenters. The van der Waals surface area contributed by atoms with Crippen LogP contribution in [0, 0.1) is 0 Å². The summed E-state index contributed by atoms with van der Waals surface area (Å²) in [6.45, 7) is 10.5. The Balaban J connectivity index is 2.52. The molecular weight excluding hydrogens is 342 g/mol. The van der Waals surface area contributed by atoms with Crippen molar-refractivity contribution in [3.63, 3.8) is 0 Å². The average molecular weight is 376 g/mol. The number of nitrogens with zero attached hydrogens (tertiary/aromatic N) is 2. The highest BCUT2D eigenvalue weighted by atomic mass is 16.2. The molecule has 150 valence electrons. The van der Waals surface area contributed by atoms with Gasteiger partial charge in [-0.05, 0) is 44.9 Å². The van der Waals surface area contributed by atoms with E-state index in [-0.39, 0.29) is 18.4 Å². The van der Waals surface area contributed by atoms with E-state index in [1.54, 1.807) is 4.90 Å². The predicted octanol–water partition coefficient (Wildman–Crippen LogP) is 2.00. The van der Waals surface area contributed by atoms with Crippen LogP contribution in [0.2, 0.25) is 0 Å². The van der Waals surface area contributed by atoms with Gasteiger partial charge in [0, 0.05) is 38.3 Å². The molecule has 7 nitrogen and oxygen atoms in total. The number of hydrogen-bond donors (Lipinski definition) is 3. The SMILES string of the molecule is CCNC(=NCC(=O)Nc1cccc(CC)c1)NCCC(=O)N(CC)CC. The van der Waals surface area contributed by atoms with Gasteiger partial charge in [0.05, 0.1) is 0 Å². The smallest absolute Gasteiger partial charge is 0.246 e. The van der Waals surface area contributed by atoms with Crippen LogP contribution in [0.5, 0.6) is 0 Å². The lowest BCUT2D eigenvalue weighted by Crippen LogP contribution is -2.40. The lowest BCUT2D eigenvalue weighted by molar-refractivity contribution is -0.130. The van der Waals surface area contributed by atoms with Gasteiger partial charge in [-0.2, -0.15) is 0 Å². The van der Waals surface area contributed by atoms with E-state index in [4.69, 9.17) is 0 Å². The number of nitrogens with one attached hydrogen (secondary N) is 3. The maximum absolute atomic E-state index is 12.1. The van der Waals surface area contributed by atoms with Crippen LogP contribution in [0.4, 0.5) is 5.69 Å². The Bertz CT molecular complexity index is 627. The molecule has 0 fully saturated rings. The first-order valence-electron chi connectivity index (χ1n) is 9.72. The van der Waals surface area contributed by atoms with Crippen molar-refractivity contribution in [1.29, 1.82) is 0 Å². The fraction of sp³-hybridized carbons (Fsp3) is 0.550. The van der Waals surface area contributed by atoms with Crippen molar-refractivity contribution in [3.8, 4) is 0 Å². The Morgan fingerprint density at radius 2 is 1.81 bits per heavy atom. The Morgan fingerprint density at radius 1 is 1.07 bits per heavy atom. The number of carbonyl (C=O) groups is 2. The van der Waals surface area contributed by atoms with Crippen molar-refractivity contribution >= 4 is 23.5 Å².